The summed E-state index contributed by atoms with van der Waals surface area (Å²) >= 11 is 6.50. The van der Waals surface area contributed by atoms with E-state index in [0.717, 1.165) is 0 Å². The normalized spacial score (nSPS) is 13.7. The largest absolute Gasteiger partial charge is 0.434 e. The van der Waals surface area contributed by atoms with Gasteiger partial charge in [-0.2, -0.15) is 4.72 Å². The molecule has 3 aromatic rings. The number of nitrogens with one attached hydrogen (secondary N) is 2. The molecule has 1 heterocycles. The molecule has 0 saturated carbocycles. The molecule has 1 amide bonds. The Bertz CT molecular complexity index is 1360. The van der Waals surface area contributed by atoms with Gasteiger partial charge in [-0.25, -0.2) is 22.7 Å². The van der Waals surface area contributed by atoms with Crippen molar-refractivity contribution in [3.05, 3.63) is 78.2 Å². The molecule has 2 atom stereocenters. The van der Waals surface area contributed by atoms with Crippen LogP contribution in [0.3, 0.4) is 0 Å². The van der Waals surface area contributed by atoms with Crippen molar-refractivity contribution in [3.63, 3.8) is 0 Å². The molecule has 9 nitrogen and oxygen atoms in total. The molecule has 0 bridgehead atoms. The van der Waals surface area contributed by atoms with Crippen molar-refractivity contribution in [2.75, 3.05) is 0 Å². The summed E-state index contributed by atoms with van der Waals surface area (Å²) in [6.07, 6.45) is 0. The molecule has 2 unspecified atom stereocenters. The molecule has 0 spiro atoms. The van der Waals surface area contributed by atoms with Gasteiger partial charge in [-0.15, -0.1) is 5.10 Å². The third-order valence-electron chi connectivity index (χ3n) is 4.85. The molecule has 32 heavy (non-hydrogen) atoms. The number of carbonyl (C=O) groups excluding carboxylic acids is 1. The predicted octanol–water partition coefficient (Wildman–Crippen LogP) is 3.26. The maximum absolute atomic E-state index is 14.7. The number of nitrogens with two attached hydrogens (primary N) is 1. The number of sulfonamides is 1. The number of primary amides is 1. The fraction of sp³-hybridized carbons (Fsp3) is 0.211. The van der Waals surface area contributed by atoms with E-state index in [4.69, 9.17) is 10.2 Å². The lowest BCUT2D eigenvalue weighted by molar-refractivity contribution is 0.0997. The Morgan fingerprint density at radius 3 is 2.56 bits per heavy atom. The number of amides is 1. The highest BCUT2D eigenvalue weighted by atomic mass is 79.9. The molecule has 170 valence electrons. The number of carbonyl (C=O) groups is 1. The number of aromatic nitrogens is 2. The minimum Gasteiger partial charge on any atom is -0.391 e. The quantitative estimate of drug-likeness (QED) is 0.384. The van der Waals surface area contributed by atoms with Crippen LogP contribution in [-0.4, -0.2) is 24.5 Å². The smallest absolute Gasteiger partial charge is 0.391 e. The minimum absolute atomic E-state index is 0.184. The molecule has 3 rings (SSSR count). The molecular weight excluding hydrogens is 575 g/mol. The predicted molar refractivity (Wildman–Crippen MR) is 120 cm³/mol. The average molecular weight is 592 g/mol. The minimum atomic E-state index is -4.40. The Balaban J connectivity index is 2.14. The third kappa shape index (κ3) is 4.85. The van der Waals surface area contributed by atoms with Gasteiger partial charge >= 0.3 is 5.76 Å². The first-order chi connectivity index (χ1) is 14.9. The monoisotopic (exact) mass is 590 g/mol. The van der Waals surface area contributed by atoms with Crippen LogP contribution in [0.15, 0.2) is 53.4 Å². The molecule has 0 radical (unpaired) electrons. The summed E-state index contributed by atoms with van der Waals surface area (Å²) in [4.78, 5) is 23.0. The first kappa shape index (κ1) is 24.3. The van der Waals surface area contributed by atoms with Gasteiger partial charge in [-0.3, -0.25) is 4.79 Å². The van der Waals surface area contributed by atoms with Crippen LogP contribution < -0.4 is 16.2 Å². The standard InChI is InChI=1S/C19H17Br2FN4O5S/c1-8-12(21)4-5-13(22)15(8)9(2)16(18-24-25-19(28)31-18)26-32(29,30)14-6-3-10(20)7-11(14)17(23)27/h3-7,9,16,26H,1-2H3,(H2,23,27)(H,25,28). The van der Waals surface area contributed by atoms with Gasteiger partial charge in [0.15, 0.2) is 0 Å². The van der Waals surface area contributed by atoms with Gasteiger partial charge in [0, 0.05) is 14.9 Å². The van der Waals surface area contributed by atoms with Crippen molar-refractivity contribution in [2.45, 2.75) is 30.7 Å². The zero-order valence-corrected chi connectivity index (χ0v) is 20.6. The molecule has 0 fully saturated rings. The highest BCUT2D eigenvalue weighted by Gasteiger charge is 2.34. The summed E-state index contributed by atoms with van der Waals surface area (Å²) in [6.45, 7) is 3.21. The van der Waals surface area contributed by atoms with Gasteiger partial charge in [-0.1, -0.05) is 38.8 Å². The van der Waals surface area contributed by atoms with Crippen LogP contribution in [0.1, 0.15) is 46.3 Å². The van der Waals surface area contributed by atoms with E-state index in [9.17, 15) is 22.4 Å². The van der Waals surface area contributed by atoms with E-state index in [1.165, 1.54) is 30.3 Å². The van der Waals surface area contributed by atoms with Crippen LogP contribution in [0.4, 0.5) is 4.39 Å². The number of benzene rings is 2. The van der Waals surface area contributed by atoms with Crippen LogP contribution in [0, 0.1) is 12.7 Å². The van der Waals surface area contributed by atoms with Gasteiger partial charge in [0.2, 0.25) is 21.8 Å². The number of aromatic amines is 1. The summed E-state index contributed by atoms with van der Waals surface area (Å²) < 4.78 is 49.6. The van der Waals surface area contributed by atoms with Crippen LogP contribution >= 0.6 is 31.9 Å². The number of halogens is 3. The molecule has 2 aromatic carbocycles. The lowest BCUT2D eigenvalue weighted by Gasteiger charge is -2.25. The van der Waals surface area contributed by atoms with Crippen LogP contribution in [0.25, 0.3) is 0 Å². The maximum atomic E-state index is 14.7. The number of H-pyrrole nitrogens is 1. The highest BCUT2D eigenvalue weighted by molar-refractivity contribution is 9.10. The summed E-state index contributed by atoms with van der Waals surface area (Å²) in [7, 11) is -4.40. The zero-order chi connectivity index (χ0) is 23.8. The molecule has 13 heteroatoms. The van der Waals surface area contributed by atoms with Crippen LogP contribution in [0.5, 0.6) is 0 Å². The molecule has 0 aliphatic carbocycles. The lowest BCUT2D eigenvalue weighted by Crippen LogP contribution is -2.34. The van der Waals surface area contributed by atoms with E-state index in [-0.39, 0.29) is 17.0 Å². The topological polar surface area (TPSA) is 148 Å². The summed E-state index contributed by atoms with van der Waals surface area (Å²) in [5.74, 6) is -3.63. The van der Waals surface area contributed by atoms with Crippen molar-refractivity contribution >= 4 is 47.8 Å². The van der Waals surface area contributed by atoms with Gasteiger partial charge in [0.1, 0.15) is 11.9 Å². The van der Waals surface area contributed by atoms with Gasteiger partial charge in [0.25, 0.3) is 0 Å². The molecule has 0 saturated heterocycles. The van der Waals surface area contributed by atoms with E-state index in [2.05, 4.69) is 46.8 Å². The average Bonchev–Trinajstić information content (AvgIpc) is 3.15. The van der Waals surface area contributed by atoms with Crippen molar-refractivity contribution in [3.8, 4) is 0 Å². The van der Waals surface area contributed by atoms with Crippen molar-refractivity contribution in [2.24, 2.45) is 5.73 Å². The van der Waals surface area contributed by atoms with Crippen molar-refractivity contribution < 1.29 is 22.0 Å². The van der Waals surface area contributed by atoms with Gasteiger partial charge in [-0.05, 0) is 48.4 Å². The summed E-state index contributed by atoms with van der Waals surface area (Å²) in [5.41, 5.74) is 5.80. The molecule has 0 aliphatic rings. The van der Waals surface area contributed by atoms with E-state index in [1.807, 2.05) is 0 Å². The fourth-order valence-electron chi connectivity index (χ4n) is 3.29. The second kappa shape index (κ2) is 9.25. The first-order valence-corrected chi connectivity index (χ1v) is 12.1. The van der Waals surface area contributed by atoms with Crippen molar-refractivity contribution in [1.29, 1.82) is 0 Å². The highest BCUT2D eigenvalue weighted by Crippen LogP contribution is 2.36. The molecule has 4 N–H and O–H groups in total. The van der Waals surface area contributed by atoms with E-state index in [0.29, 0.717) is 14.5 Å². The van der Waals surface area contributed by atoms with Crippen molar-refractivity contribution in [1.82, 2.24) is 14.9 Å². The van der Waals surface area contributed by atoms with Crippen LogP contribution in [0.2, 0.25) is 0 Å². The molecule has 0 aliphatic heterocycles. The van der Waals surface area contributed by atoms with Gasteiger partial charge < -0.3 is 10.2 Å². The molecule has 1 aromatic heterocycles. The van der Waals surface area contributed by atoms with E-state index in [1.54, 1.807) is 13.8 Å². The number of rotatable bonds is 7. The number of hydrogen-bond acceptors (Lipinski definition) is 6. The third-order valence-corrected chi connectivity index (χ3v) is 7.70. The number of hydrogen-bond donors (Lipinski definition) is 3. The Hall–Kier alpha value is -2.35. The van der Waals surface area contributed by atoms with E-state index < -0.39 is 44.4 Å². The fourth-order valence-corrected chi connectivity index (χ4v) is 5.46. The SMILES string of the molecule is Cc1c(Br)ccc(F)c1C(C)C(NS(=O)(=O)c1ccc(Br)cc1C(N)=O)c1n[nH]c(=O)o1. The number of nitrogens with zero attached hydrogens (tertiary/aromatic N) is 1. The van der Waals surface area contributed by atoms with E-state index >= 15 is 0 Å². The molecular formula is C19H17Br2FN4O5S. The Labute approximate surface area is 198 Å². The Kier molecular flexibility index (Phi) is 7.03. The lowest BCUT2D eigenvalue weighted by atomic mass is 9.90. The maximum Gasteiger partial charge on any atom is 0.434 e. The van der Waals surface area contributed by atoms with Crippen LogP contribution in [-0.2, 0) is 10.0 Å². The summed E-state index contributed by atoms with van der Waals surface area (Å²) in [6, 6.07) is 5.34. The second-order valence-corrected chi connectivity index (χ2v) is 10.4. The first-order valence-electron chi connectivity index (χ1n) is 9.04. The summed E-state index contributed by atoms with van der Waals surface area (Å²) in [5, 5.41) is 5.80. The second-order valence-electron chi connectivity index (χ2n) is 6.91. The zero-order valence-electron chi connectivity index (χ0n) is 16.6. The Morgan fingerprint density at radius 2 is 1.97 bits per heavy atom. The van der Waals surface area contributed by atoms with Gasteiger partial charge in [0.05, 0.1) is 10.5 Å². The Morgan fingerprint density at radius 1 is 1.28 bits per heavy atom.